The second-order valence-corrected chi connectivity index (χ2v) is 8.92. The number of ether oxygens (including phenoxy) is 2. The normalized spacial score (nSPS) is 19.5. The van der Waals surface area contributed by atoms with Crippen molar-refractivity contribution in [2.24, 2.45) is 5.41 Å². The highest BCUT2D eigenvalue weighted by Gasteiger charge is 2.43. The number of rotatable bonds is 5. The van der Waals surface area contributed by atoms with Crippen LogP contribution in [0.5, 0.6) is 11.8 Å². The molecule has 2 aliphatic rings. The molecule has 6 nitrogen and oxygen atoms in total. The van der Waals surface area contributed by atoms with Gasteiger partial charge in [0.1, 0.15) is 11.6 Å². The van der Waals surface area contributed by atoms with Crippen LogP contribution in [0.3, 0.4) is 0 Å². The standard InChI is InChI=1S/C26H26FN3O3/c27-21-6-1-4-19(14-21)15-23-17-26(18-32-23)8-12-30(13-9-26)24(31)20-5-2-7-22(16-20)33-25-28-10-3-11-29-25/h1-7,10-11,14,16,23H,8-9,12-13,15,17-18H2/t23-/m0/s1. The van der Waals surface area contributed by atoms with Gasteiger partial charge in [-0.25, -0.2) is 14.4 Å². The SMILES string of the molecule is O=C(c1cccc(Oc2ncccn2)c1)N1CCC2(CC1)CO[C@@H](Cc1cccc(F)c1)C2. The second kappa shape index (κ2) is 9.27. The summed E-state index contributed by atoms with van der Waals surface area (Å²) in [6.07, 6.45) is 6.81. The summed E-state index contributed by atoms with van der Waals surface area (Å²) in [5.41, 5.74) is 1.66. The number of piperidine rings is 1. The third-order valence-corrected chi connectivity index (χ3v) is 6.58. The van der Waals surface area contributed by atoms with Crippen molar-refractivity contribution in [1.29, 1.82) is 0 Å². The van der Waals surface area contributed by atoms with E-state index in [0.717, 1.165) is 31.2 Å². The molecular formula is C26H26FN3O3. The number of aromatic nitrogens is 2. The minimum absolute atomic E-state index is 0.000457. The van der Waals surface area contributed by atoms with E-state index < -0.39 is 0 Å². The van der Waals surface area contributed by atoms with Crippen molar-refractivity contribution in [2.45, 2.75) is 31.8 Å². The lowest BCUT2D eigenvalue weighted by atomic mass is 9.76. The van der Waals surface area contributed by atoms with Crippen LogP contribution in [0.2, 0.25) is 0 Å². The Labute approximate surface area is 192 Å². The average molecular weight is 448 g/mol. The van der Waals surface area contributed by atoms with Gasteiger partial charge in [-0.15, -0.1) is 0 Å². The van der Waals surface area contributed by atoms with Gasteiger partial charge in [0.15, 0.2) is 0 Å². The van der Waals surface area contributed by atoms with Crippen molar-refractivity contribution in [1.82, 2.24) is 14.9 Å². The highest BCUT2D eigenvalue weighted by Crippen LogP contribution is 2.43. The molecule has 33 heavy (non-hydrogen) atoms. The Bertz CT molecular complexity index is 1120. The third kappa shape index (κ3) is 5.03. The number of benzene rings is 2. The van der Waals surface area contributed by atoms with E-state index in [2.05, 4.69) is 9.97 Å². The van der Waals surface area contributed by atoms with Crippen LogP contribution in [-0.2, 0) is 11.2 Å². The molecule has 1 atom stereocenters. The van der Waals surface area contributed by atoms with Gasteiger partial charge < -0.3 is 14.4 Å². The van der Waals surface area contributed by atoms with Crippen molar-refractivity contribution in [3.05, 3.63) is 83.9 Å². The summed E-state index contributed by atoms with van der Waals surface area (Å²) in [6, 6.07) is 15.8. The maximum absolute atomic E-state index is 13.5. The van der Waals surface area contributed by atoms with E-state index in [1.807, 2.05) is 11.0 Å². The first kappa shape index (κ1) is 21.5. The van der Waals surface area contributed by atoms with E-state index in [0.29, 0.717) is 31.0 Å². The third-order valence-electron chi connectivity index (χ3n) is 6.58. The van der Waals surface area contributed by atoms with Gasteiger partial charge in [0.05, 0.1) is 12.7 Å². The van der Waals surface area contributed by atoms with Crippen LogP contribution in [0.4, 0.5) is 4.39 Å². The molecule has 7 heteroatoms. The number of nitrogens with zero attached hydrogens (tertiary/aromatic N) is 3. The first-order chi connectivity index (χ1) is 16.1. The minimum atomic E-state index is -0.210. The van der Waals surface area contributed by atoms with Crippen LogP contribution in [0.25, 0.3) is 0 Å². The number of hydrogen-bond acceptors (Lipinski definition) is 5. The predicted molar refractivity (Wildman–Crippen MR) is 121 cm³/mol. The number of carbonyl (C=O) groups is 1. The van der Waals surface area contributed by atoms with Crippen molar-refractivity contribution < 1.29 is 18.7 Å². The first-order valence-electron chi connectivity index (χ1n) is 11.3. The maximum atomic E-state index is 13.5. The highest BCUT2D eigenvalue weighted by molar-refractivity contribution is 5.94. The van der Waals surface area contributed by atoms with Crippen LogP contribution in [0.15, 0.2) is 67.0 Å². The van der Waals surface area contributed by atoms with Gasteiger partial charge in [0.2, 0.25) is 0 Å². The molecule has 0 radical (unpaired) electrons. The molecule has 1 spiro atoms. The summed E-state index contributed by atoms with van der Waals surface area (Å²) in [5, 5.41) is 0. The first-order valence-corrected chi connectivity index (χ1v) is 11.3. The quantitative estimate of drug-likeness (QED) is 0.569. The fraction of sp³-hybridized carbons (Fsp3) is 0.346. The number of halogens is 1. The summed E-state index contributed by atoms with van der Waals surface area (Å²) < 4.78 is 25.2. The van der Waals surface area contributed by atoms with Crippen molar-refractivity contribution in [3.8, 4) is 11.8 Å². The molecule has 3 aromatic rings. The Morgan fingerprint density at radius 2 is 1.88 bits per heavy atom. The molecule has 0 aliphatic carbocycles. The molecule has 0 unspecified atom stereocenters. The second-order valence-electron chi connectivity index (χ2n) is 8.92. The molecule has 2 aliphatic heterocycles. The summed E-state index contributed by atoms with van der Waals surface area (Å²) in [7, 11) is 0. The van der Waals surface area contributed by atoms with Gasteiger partial charge in [-0.05, 0) is 73.1 Å². The Hall–Kier alpha value is -3.32. The smallest absolute Gasteiger partial charge is 0.321 e. The molecule has 0 saturated carbocycles. The van der Waals surface area contributed by atoms with Crippen LogP contribution in [0, 0.1) is 11.2 Å². The largest absolute Gasteiger partial charge is 0.424 e. The van der Waals surface area contributed by atoms with Gasteiger partial charge in [0, 0.05) is 31.0 Å². The van der Waals surface area contributed by atoms with E-state index in [4.69, 9.17) is 9.47 Å². The predicted octanol–water partition coefficient (Wildman–Crippen LogP) is 4.66. The van der Waals surface area contributed by atoms with Crippen molar-refractivity contribution in [2.75, 3.05) is 19.7 Å². The van der Waals surface area contributed by atoms with Crippen LogP contribution in [-0.4, -0.2) is 46.6 Å². The Morgan fingerprint density at radius 3 is 2.67 bits per heavy atom. The molecule has 3 heterocycles. The molecule has 170 valence electrons. The molecular weight excluding hydrogens is 421 g/mol. The molecule has 2 fully saturated rings. The Balaban J connectivity index is 1.17. The van der Waals surface area contributed by atoms with Crippen LogP contribution >= 0.6 is 0 Å². The lowest BCUT2D eigenvalue weighted by Crippen LogP contribution is -2.43. The summed E-state index contributed by atoms with van der Waals surface area (Å²) >= 11 is 0. The summed E-state index contributed by atoms with van der Waals surface area (Å²) in [4.78, 5) is 23.1. The average Bonchev–Trinajstić information content (AvgIpc) is 3.21. The monoisotopic (exact) mass is 447 g/mol. The van der Waals surface area contributed by atoms with Crippen LogP contribution < -0.4 is 4.74 Å². The fourth-order valence-electron chi connectivity index (χ4n) is 4.80. The maximum Gasteiger partial charge on any atom is 0.321 e. The number of amides is 1. The van der Waals surface area contributed by atoms with Gasteiger partial charge >= 0.3 is 6.01 Å². The van der Waals surface area contributed by atoms with Gasteiger partial charge in [-0.2, -0.15) is 0 Å². The molecule has 1 amide bonds. The van der Waals surface area contributed by atoms with E-state index in [1.54, 1.807) is 54.9 Å². The Morgan fingerprint density at radius 1 is 1.09 bits per heavy atom. The van der Waals surface area contributed by atoms with E-state index in [9.17, 15) is 9.18 Å². The van der Waals surface area contributed by atoms with Gasteiger partial charge in [-0.3, -0.25) is 4.79 Å². The lowest BCUT2D eigenvalue weighted by Gasteiger charge is -2.38. The molecule has 2 aromatic carbocycles. The zero-order chi connectivity index (χ0) is 22.7. The van der Waals surface area contributed by atoms with Crippen LogP contribution in [0.1, 0.15) is 35.2 Å². The number of likely N-dealkylation sites (tertiary alicyclic amines) is 1. The van der Waals surface area contributed by atoms with Gasteiger partial charge in [0.25, 0.3) is 5.91 Å². The topological polar surface area (TPSA) is 64.5 Å². The summed E-state index contributed by atoms with van der Waals surface area (Å²) in [6.45, 7) is 2.10. The molecule has 0 bridgehead atoms. The molecule has 2 saturated heterocycles. The zero-order valence-electron chi connectivity index (χ0n) is 18.3. The van der Waals surface area contributed by atoms with E-state index >= 15 is 0 Å². The lowest BCUT2D eigenvalue weighted by molar-refractivity contribution is 0.0496. The minimum Gasteiger partial charge on any atom is -0.424 e. The highest BCUT2D eigenvalue weighted by atomic mass is 19.1. The molecule has 1 aromatic heterocycles. The van der Waals surface area contributed by atoms with Crippen molar-refractivity contribution >= 4 is 5.91 Å². The van der Waals surface area contributed by atoms with Crippen molar-refractivity contribution in [3.63, 3.8) is 0 Å². The fourth-order valence-corrected chi connectivity index (χ4v) is 4.80. The van der Waals surface area contributed by atoms with E-state index in [-0.39, 0.29) is 29.3 Å². The Kier molecular flexibility index (Phi) is 6.05. The summed E-state index contributed by atoms with van der Waals surface area (Å²) in [5.74, 6) is 0.321. The number of carbonyl (C=O) groups excluding carboxylic acids is 1. The zero-order valence-corrected chi connectivity index (χ0v) is 18.3. The number of hydrogen-bond donors (Lipinski definition) is 0. The van der Waals surface area contributed by atoms with Gasteiger partial charge in [-0.1, -0.05) is 18.2 Å². The molecule has 5 rings (SSSR count). The van der Waals surface area contributed by atoms with E-state index in [1.165, 1.54) is 6.07 Å². The molecule has 0 N–H and O–H groups in total.